The van der Waals surface area contributed by atoms with Crippen molar-refractivity contribution in [3.63, 3.8) is 0 Å². The zero-order chi connectivity index (χ0) is 10.8. The van der Waals surface area contributed by atoms with E-state index < -0.39 is 0 Å². The fourth-order valence-electron chi connectivity index (χ4n) is 2.45. The first kappa shape index (κ1) is 11.3. The molecule has 2 saturated heterocycles. The van der Waals surface area contributed by atoms with E-state index in [0.29, 0.717) is 12.1 Å². The van der Waals surface area contributed by atoms with Gasteiger partial charge in [-0.25, -0.2) is 10.0 Å². The van der Waals surface area contributed by atoms with E-state index in [1.165, 1.54) is 26.2 Å². The van der Waals surface area contributed by atoms with E-state index in [2.05, 4.69) is 41.1 Å². The molecule has 2 aliphatic rings. The fourth-order valence-corrected chi connectivity index (χ4v) is 2.45. The third-order valence-corrected chi connectivity index (χ3v) is 3.57. The summed E-state index contributed by atoms with van der Waals surface area (Å²) in [5, 5.41) is 8.64. The van der Waals surface area contributed by atoms with E-state index in [1.54, 1.807) is 0 Å². The van der Waals surface area contributed by atoms with Crippen molar-refractivity contribution in [2.45, 2.75) is 25.9 Å². The van der Waals surface area contributed by atoms with Crippen LogP contribution in [0.2, 0.25) is 0 Å². The number of nitrogens with zero attached hydrogens (tertiary/aromatic N) is 3. The molecule has 0 spiro atoms. The maximum atomic E-state index is 3.53. The van der Waals surface area contributed by atoms with E-state index >= 15 is 0 Å². The summed E-state index contributed by atoms with van der Waals surface area (Å²) in [6.07, 6.45) is 0. The molecular weight excluding hydrogens is 188 g/mol. The van der Waals surface area contributed by atoms with Crippen LogP contribution in [0.3, 0.4) is 0 Å². The molecule has 1 N–H and O–H groups in total. The van der Waals surface area contributed by atoms with Gasteiger partial charge < -0.3 is 10.2 Å². The molecule has 0 saturated carbocycles. The molecule has 0 aromatic heterocycles. The molecule has 0 radical (unpaired) electrons. The first-order valence-electron chi connectivity index (χ1n) is 6.10. The van der Waals surface area contributed by atoms with E-state index in [-0.39, 0.29) is 0 Å². The zero-order valence-electron chi connectivity index (χ0n) is 10.2. The first-order valence-corrected chi connectivity index (χ1v) is 6.10. The van der Waals surface area contributed by atoms with Crippen molar-refractivity contribution in [3.8, 4) is 0 Å². The molecule has 15 heavy (non-hydrogen) atoms. The summed E-state index contributed by atoms with van der Waals surface area (Å²) in [6, 6.07) is 1.27. The van der Waals surface area contributed by atoms with Gasteiger partial charge in [0.1, 0.15) is 0 Å². The van der Waals surface area contributed by atoms with E-state index in [4.69, 9.17) is 0 Å². The second kappa shape index (κ2) is 4.78. The van der Waals surface area contributed by atoms with Gasteiger partial charge in [-0.05, 0) is 20.9 Å². The van der Waals surface area contributed by atoms with Crippen LogP contribution in [-0.4, -0.2) is 73.3 Å². The molecule has 0 aromatic rings. The maximum Gasteiger partial charge on any atom is 0.0343 e. The van der Waals surface area contributed by atoms with Gasteiger partial charge in [0.05, 0.1) is 0 Å². The summed E-state index contributed by atoms with van der Waals surface area (Å²) >= 11 is 0. The quantitative estimate of drug-likeness (QED) is 0.651. The van der Waals surface area contributed by atoms with Crippen molar-refractivity contribution in [3.05, 3.63) is 0 Å². The largest absolute Gasteiger partial charge is 0.311 e. The van der Waals surface area contributed by atoms with Crippen LogP contribution in [-0.2, 0) is 0 Å². The molecule has 2 fully saturated rings. The van der Waals surface area contributed by atoms with Crippen LogP contribution in [0.15, 0.2) is 0 Å². The topological polar surface area (TPSA) is 21.8 Å². The van der Waals surface area contributed by atoms with E-state index in [1.807, 2.05) is 0 Å². The van der Waals surface area contributed by atoms with Gasteiger partial charge in [-0.15, -0.1) is 0 Å². The Bertz CT molecular complexity index is 201. The molecule has 2 rings (SSSR count). The predicted octanol–water partition coefficient (Wildman–Crippen LogP) is -0.169. The minimum atomic E-state index is 0.626. The summed E-state index contributed by atoms with van der Waals surface area (Å²) < 4.78 is 0. The average molecular weight is 212 g/mol. The van der Waals surface area contributed by atoms with Crippen molar-refractivity contribution in [1.29, 1.82) is 0 Å². The van der Waals surface area contributed by atoms with Crippen molar-refractivity contribution < 1.29 is 0 Å². The van der Waals surface area contributed by atoms with Crippen LogP contribution in [0.5, 0.6) is 0 Å². The number of nitrogens with one attached hydrogen (secondary N) is 1. The maximum absolute atomic E-state index is 3.53. The summed E-state index contributed by atoms with van der Waals surface area (Å²) in [6.45, 7) is 11.6. The number of hydrogen-bond donors (Lipinski definition) is 1. The number of rotatable bonds is 1. The van der Waals surface area contributed by atoms with E-state index in [0.717, 1.165) is 13.1 Å². The van der Waals surface area contributed by atoms with Gasteiger partial charge in [0.15, 0.2) is 0 Å². The normalized spacial score (nSPS) is 37.0. The van der Waals surface area contributed by atoms with Crippen molar-refractivity contribution in [2.24, 2.45) is 0 Å². The lowest BCUT2D eigenvalue weighted by atomic mass is 10.2. The lowest BCUT2D eigenvalue weighted by Gasteiger charge is -2.47. The summed E-state index contributed by atoms with van der Waals surface area (Å²) in [5.41, 5.74) is 0. The third kappa shape index (κ3) is 2.69. The zero-order valence-corrected chi connectivity index (χ0v) is 10.2. The smallest absolute Gasteiger partial charge is 0.0343 e. The second-order valence-corrected chi connectivity index (χ2v) is 5.04. The van der Waals surface area contributed by atoms with Gasteiger partial charge >= 0.3 is 0 Å². The van der Waals surface area contributed by atoms with Crippen LogP contribution >= 0.6 is 0 Å². The molecule has 4 heteroatoms. The Morgan fingerprint density at radius 1 is 1.07 bits per heavy atom. The standard InChI is InChI=1S/C11H24N4/c1-10-9-15(11(2)8-12-10)14-6-4-13(3)5-7-14/h10-12H,4-9H2,1-3H3. The Balaban J connectivity index is 1.90. The number of hydrogen-bond acceptors (Lipinski definition) is 4. The molecule has 4 nitrogen and oxygen atoms in total. The highest BCUT2D eigenvalue weighted by Crippen LogP contribution is 2.12. The van der Waals surface area contributed by atoms with Gasteiger partial charge in [-0.2, -0.15) is 0 Å². The monoisotopic (exact) mass is 212 g/mol. The summed E-state index contributed by atoms with van der Waals surface area (Å²) in [4.78, 5) is 2.41. The van der Waals surface area contributed by atoms with Crippen molar-refractivity contribution >= 4 is 0 Å². The first-order chi connectivity index (χ1) is 7.16. The number of piperazine rings is 2. The average Bonchev–Trinajstić information content (AvgIpc) is 2.23. The summed E-state index contributed by atoms with van der Waals surface area (Å²) in [5.74, 6) is 0. The van der Waals surface area contributed by atoms with Gasteiger partial charge in [-0.1, -0.05) is 0 Å². The van der Waals surface area contributed by atoms with Crippen LogP contribution in [0.25, 0.3) is 0 Å². The highest BCUT2D eigenvalue weighted by atomic mass is 15.7. The predicted molar refractivity (Wildman–Crippen MR) is 62.7 cm³/mol. The Morgan fingerprint density at radius 2 is 1.73 bits per heavy atom. The highest BCUT2D eigenvalue weighted by Gasteiger charge is 2.28. The lowest BCUT2D eigenvalue weighted by Crippen LogP contribution is -2.63. The Morgan fingerprint density at radius 3 is 2.40 bits per heavy atom. The highest BCUT2D eigenvalue weighted by molar-refractivity contribution is 4.81. The minimum absolute atomic E-state index is 0.626. The second-order valence-electron chi connectivity index (χ2n) is 5.04. The van der Waals surface area contributed by atoms with Gasteiger partial charge in [0.2, 0.25) is 0 Å². The molecule has 2 aliphatic heterocycles. The number of hydrazine groups is 1. The van der Waals surface area contributed by atoms with Gasteiger partial charge in [0, 0.05) is 51.4 Å². The molecule has 2 atom stereocenters. The third-order valence-electron chi connectivity index (χ3n) is 3.57. The Kier molecular flexibility index (Phi) is 3.61. The van der Waals surface area contributed by atoms with Gasteiger partial charge in [0.25, 0.3) is 0 Å². The Labute approximate surface area is 93.2 Å². The van der Waals surface area contributed by atoms with Crippen LogP contribution in [0, 0.1) is 0 Å². The molecule has 88 valence electrons. The Hall–Kier alpha value is -0.160. The van der Waals surface area contributed by atoms with Crippen molar-refractivity contribution in [2.75, 3.05) is 46.3 Å². The number of likely N-dealkylation sites (N-methyl/N-ethyl adjacent to an activating group) is 1. The molecule has 0 aliphatic carbocycles. The molecule has 0 amide bonds. The molecule has 0 aromatic carbocycles. The molecule has 2 heterocycles. The SMILES string of the molecule is CC1CN(N2CCN(C)CC2)C(C)CN1. The van der Waals surface area contributed by atoms with Crippen LogP contribution in [0.4, 0.5) is 0 Å². The lowest BCUT2D eigenvalue weighted by molar-refractivity contribution is -0.0954. The molecule has 0 bridgehead atoms. The van der Waals surface area contributed by atoms with E-state index in [9.17, 15) is 0 Å². The van der Waals surface area contributed by atoms with Crippen LogP contribution < -0.4 is 5.32 Å². The van der Waals surface area contributed by atoms with Crippen LogP contribution in [0.1, 0.15) is 13.8 Å². The summed E-state index contributed by atoms with van der Waals surface area (Å²) in [7, 11) is 2.21. The molecular formula is C11H24N4. The molecule has 2 unspecified atom stereocenters. The minimum Gasteiger partial charge on any atom is -0.311 e. The van der Waals surface area contributed by atoms with Gasteiger partial charge in [-0.3, -0.25) is 0 Å². The van der Waals surface area contributed by atoms with Crippen molar-refractivity contribution in [1.82, 2.24) is 20.2 Å². The fraction of sp³-hybridized carbons (Fsp3) is 1.00.